The van der Waals surface area contributed by atoms with Gasteiger partial charge in [-0.3, -0.25) is 0 Å². The standard InChI is InChI=1S/C15H24N2O2/c1-5-19-13-8-12(15(13,2)3)16-9-11-6-7-14(18-4)17-10-11/h6-7,10,12-13,16H,5,8-9H2,1-4H3. The largest absolute Gasteiger partial charge is 0.481 e. The minimum atomic E-state index is 0.204. The van der Waals surface area contributed by atoms with Crippen molar-refractivity contribution in [3.05, 3.63) is 23.9 Å². The van der Waals surface area contributed by atoms with Crippen molar-refractivity contribution >= 4 is 0 Å². The molecule has 1 heterocycles. The molecule has 1 aromatic heterocycles. The van der Waals surface area contributed by atoms with Gasteiger partial charge < -0.3 is 14.8 Å². The maximum absolute atomic E-state index is 5.74. The average Bonchev–Trinajstić information content (AvgIpc) is 2.42. The van der Waals surface area contributed by atoms with Crippen LogP contribution < -0.4 is 10.1 Å². The molecule has 0 saturated heterocycles. The third-order valence-electron chi connectivity index (χ3n) is 4.10. The lowest BCUT2D eigenvalue weighted by Crippen LogP contribution is -2.60. The molecule has 1 fully saturated rings. The Hall–Kier alpha value is -1.13. The van der Waals surface area contributed by atoms with E-state index in [1.165, 1.54) is 5.56 Å². The van der Waals surface area contributed by atoms with Crippen molar-refractivity contribution in [3.8, 4) is 5.88 Å². The predicted molar refractivity (Wildman–Crippen MR) is 75.2 cm³/mol. The van der Waals surface area contributed by atoms with Crippen LogP contribution in [0.1, 0.15) is 32.8 Å². The Morgan fingerprint density at radius 2 is 2.21 bits per heavy atom. The van der Waals surface area contributed by atoms with E-state index in [1.807, 2.05) is 18.3 Å². The zero-order valence-corrected chi connectivity index (χ0v) is 12.3. The Morgan fingerprint density at radius 3 is 2.74 bits per heavy atom. The fraction of sp³-hybridized carbons (Fsp3) is 0.667. The Bertz CT molecular complexity index is 403. The molecule has 2 unspecified atom stereocenters. The van der Waals surface area contributed by atoms with Crippen LogP contribution in [-0.4, -0.2) is 30.8 Å². The summed E-state index contributed by atoms with van der Waals surface area (Å²) in [6.07, 6.45) is 3.33. The van der Waals surface area contributed by atoms with Crippen LogP contribution in [0.4, 0.5) is 0 Å². The van der Waals surface area contributed by atoms with E-state index in [-0.39, 0.29) is 5.41 Å². The van der Waals surface area contributed by atoms with Crippen LogP contribution in [-0.2, 0) is 11.3 Å². The number of aromatic nitrogens is 1. The zero-order valence-electron chi connectivity index (χ0n) is 12.3. The van der Waals surface area contributed by atoms with Crippen LogP contribution in [0.5, 0.6) is 5.88 Å². The Balaban J connectivity index is 1.83. The lowest BCUT2D eigenvalue weighted by molar-refractivity contribution is -0.114. The van der Waals surface area contributed by atoms with Gasteiger partial charge in [0.05, 0.1) is 13.2 Å². The highest BCUT2D eigenvalue weighted by molar-refractivity contribution is 5.18. The molecule has 0 radical (unpaired) electrons. The van der Waals surface area contributed by atoms with Gasteiger partial charge in [-0.2, -0.15) is 0 Å². The van der Waals surface area contributed by atoms with E-state index in [2.05, 4.69) is 31.1 Å². The Kier molecular flexibility index (Phi) is 4.42. The number of pyridine rings is 1. The van der Waals surface area contributed by atoms with Crippen molar-refractivity contribution in [2.75, 3.05) is 13.7 Å². The smallest absolute Gasteiger partial charge is 0.212 e. The lowest BCUT2D eigenvalue weighted by Gasteiger charge is -2.52. The van der Waals surface area contributed by atoms with Gasteiger partial charge in [-0.05, 0) is 18.9 Å². The molecule has 106 valence electrons. The van der Waals surface area contributed by atoms with Crippen molar-refractivity contribution in [1.29, 1.82) is 0 Å². The Labute approximate surface area is 115 Å². The van der Waals surface area contributed by atoms with Crippen molar-refractivity contribution in [2.24, 2.45) is 5.41 Å². The van der Waals surface area contributed by atoms with Gasteiger partial charge in [0.25, 0.3) is 0 Å². The highest BCUT2D eigenvalue weighted by Gasteiger charge is 2.48. The number of ether oxygens (including phenoxy) is 2. The quantitative estimate of drug-likeness (QED) is 0.856. The third kappa shape index (κ3) is 3.07. The monoisotopic (exact) mass is 264 g/mol. The second-order valence-corrected chi connectivity index (χ2v) is 5.64. The molecule has 0 bridgehead atoms. The lowest BCUT2D eigenvalue weighted by atomic mass is 9.64. The van der Waals surface area contributed by atoms with Crippen molar-refractivity contribution in [1.82, 2.24) is 10.3 Å². The second kappa shape index (κ2) is 5.88. The van der Waals surface area contributed by atoms with Crippen LogP contribution in [0.3, 0.4) is 0 Å². The summed E-state index contributed by atoms with van der Waals surface area (Å²) in [6.45, 7) is 8.22. The first-order valence-corrected chi connectivity index (χ1v) is 6.91. The molecule has 0 amide bonds. The second-order valence-electron chi connectivity index (χ2n) is 5.64. The van der Waals surface area contributed by atoms with Crippen molar-refractivity contribution < 1.29 is 9.47 Å². The van der Waals surface area contributed by atoms with E-state index in [0.717, 1.165) is 19.6 Å². The number of nitrogens with zero attached hydrogens (tertiary/aromatic N) is 1. The minimum absolute atomic E-state index is 0.204. The molecule has 2 rings (SSSR count). The highest BCUT2D eigenvalue weighted by atomic mass is 16.5. The van der Waals surface area contributed by atoms with Gasteiger partial charge in [0.15, 0.2) is 0 Å². The summed E-state index contributed by atoms with van der Waals surface area (Å²) in [7, 11) is 1.63. The summed E-state index contributed by atoms with van der Waals surface area (Å²) >= 11 is 0. The number of methoxy groups -OCH3 is 1. The van der Waals surface area contributed by atoms with E-state index in [4.69, 9.17) is 9.47 Å². The molecule has 2 atom stereocenters. The molecule has 4 nitrogen and oxygen atoms in total. The molecule has 19 heavy (non-hydrogen) atoms. The topological polar surface area (TPSA) is 43.4 Å². The summed E-state index contributed by atoms with van der Waals surface area (Å²) in [5, 5.41) is 3.59. The van der Waals surface area contributed by atoms with E-state index in [1.54, 1.807) is 7.11 Å². The van der Waals surface area contributed by atoms with Gasteiger partial charge in [0.2, 0.25) is 5.88 Å². The molecule has 1 aromatic rings. The van der Waals surface area contributed by atoms with Crippen LogP contribution in [0.25, 0.3) is 0 Å². The zero-order chi connectivity index (χ0) is 13.9. The van der Waals surface area contributed by atoms with Crippen molar-refractivity contribution in [2.45, 2.75) is 45.9 Å². The summed E-state index contributed by atoms with van der Waals surface area (Å²) in [4.78, 5) is 4.21. The van der Waals surface area contributed by atoms with Gasteiger partial charge in [0.1, 0.15) is 0 Å². The number of hydrogen-bond acceptors (Lipinski definition) is 4. The molecular formula is C15H24N2O2. The molecule has 4 heteroatoms. The Morgan fingerprint density at radius 1 is 1.42 bits per heavy atom. The maximum Gasteiger partial charge on any atom is 0.212 e. The van der Waals surface area contributed by atoms with E-state index in [0.29, 0.717) is 18.0 Å². The fourth-order valence-corrected chi connectivity index (χ4v) is 2.59. The van der Waals surface area contributed by atoms with Crippen LogP contribution in [0, 0.1) is 5.41 Å². The first kappa shape index (κ1) is 14.3. The fourth-order valence-electron chi connectivity index (χ4n) is 2.59. The molecular weight excluding hydrogens is 240 g/mol. The number of rotatable bonds is 6. The van der Waals surface area contributed by atoms with Crippen LogP contribution >= 0.6 is 0 Å². The van der Waals surface area contributed by atoms with E-state index in [9.17, 15) is 0 Å². The van der Waals surface area contributed by atoms with E-state index < -0.39 is 0 Å². The van der Waals surface area contributed by atoms with Crippen molar-refractivity contribution in [3.63, 3.8) is 0 Å². The summed E-state index contributed by atoms with van der Waals surface area (Å²) in [5.41, 5.74) is 1.38. The normalized spacial score (nSPS) is 24.8. The SMILES string of the molecule is CCOC1CC(NCc2ccc(OC)nc2)C1(C)C. The van der Waals surface area contributed by atoms with Crippen LogP contribution in [0.15, 0.2) is 18.3 Å². The average molecular weight is 264 g/mol. The molecule has 0 spiro atoms. The van der Waals surface area contributed by atoms with Gasteiger partial charge in [-0.15, -0.1) is 0 Å². The van der Waals surface area contributed by atoms with Gasteiger partial charge in [-0.1, -0.05) is 19.9 Å². The number of hydrogen-bond donors (Lipinski definition) is 1. The molecule has 0 aliphatic heterocycles. The molecule has 1 N–H and O–H groups in total. The summed E-state index contributed by atoms with van der Waals surface area (Å²) < 4.78 is 10.8. The van der Waals surface area contributed by atoms with Gasteiger partial charge in [0, 0.05) is 36.9 Å². The maximum atomic E-state index is 5.74. The summed E-state index contributed by atoms with van der Waals surface area (Å²) in [5.74, 6) is 0.657. The summed E-state index contributed by atoms with van der Waals surface area (Å²) in [6, 6.07) is 4.45. The van der Waals surface area contributed by atoms with Gasteiger partial charge >= 0.3 is 0 Å². The van der Waals surface area contributed by atoms with E-state index >= 15 is 0 Å². The first-order valence-electron chi connectivity index (χ1n) is 6.91. The minimum Gasteiger partial charge on any atom is -0.481 e. The molecule has 0 aromatic carbocycles. The third-order valence-corrected chi connectivity index (χ3v) is 4.10. The highest BCUT2D eigenvalue weighted by Crippen LogP contribution is 2.42. The molecule has 1 aliphatic carbocycles. The van der Waals surface area contributed by atoms with Gasteiger partial charge in [-0.25, -0.2) is 4.98 Å². The predicted octanol–water partition coefficient (Wildman–Crippen LogP) is 2.38. The molecule has 1 saturated carbocycles. The first-order chi connectivity index (χ1) is 9.07. The van der Waals surface area contributed by atoms with Crippen LogP contribution in [0.2, 0.25) is 0 Å². The number of nitrogens with one attached hydrogen (secondary N) is 1. The molecule has 1 aliphatic rings.